The van der Waals surface area contributed by atoms with Gasteiger partial charge in [0.1, 0.15) is 18.1 Å². The van der Waals surface area contributed by atoms with Gasteiger partial charge >= 0.3 is 0 Å². The Morgan fingerprint density at radius 2 is 1.91 bits per heavy atom. The number of rotatable bonds is 7. The van der Waals surface area contributed by atoms with Crippen molar-refractivity contribution in [2.75, 3.05) is 19.8 Å². The van der Waals surface area contributed by atoms with E-state index in [9.17, 15) is 4.79 Å². The average molecular weight is 399 g/mol. The van der Waals surface area contributed by atoms with Gasteiger partial charge in [0.15, 0.2) is 6.61 Å². The van der Waals surface area contributed by atoms with Crippen molar-refractivity contribution in [3.63, 3.8) is 0 Å². The molecule has 0 radical (unpaired) electrons. The van der Waals surface area contributed by atoms with E-state index in [0.29, 0.717) is 23.9 Å². The highest BCUT2D eigenvalue weighted by atomic mass is 79.9. The van der Waals surface area contributed by atoms with E-state index in [1.807, 2.05) is 31.2 Å². The molecule has 122 valence electrons. The van der Waals surface area contributed by atoms with Crippen molar-refractivity contribution in [1.82, 2.24) is 5.32 Å². The summed E-state index contributed by atoms with van der Waals surface area (Å²) < 4.78 is 11.8. The molecule has 0 spiro atoms. The zero-order chi connectivity index (χ0) is 16.7. The van der Waals surface area contributed by atoms with Gasteiger partial charge in [0.05, 0.1) is 11.6 Å². The topological polar surface area (TPSA) is 47.6 Å². The second-order valence-electron chi connectivity index (χ2n) is 4.87. The molecule has 1 N–H and O–H groups in total. The smallest absolute Gasteiger partial charge is 0.258 e. The monoisotopic (exact) mass is 397 g/mol. The molecule has 2 rings (SSSR count). The van der Waals surface area contributed by atoms with Crippen LogP contribution in [0, 0.1) is 6.92 Å². The number of benzene rings is 2. The first-order valence-electron chi connectivity index (χ1n) is 7.08. The molecule has 0 saturated carbocycles. The molecule has 0 aliphatic carbocycles. The number of amides is 1. The minimum absolute atomic E-state index is 0.0914. The Hall–Kier alpha value is -1.72. The van der Waals surface area contributed by atoms with Crippen LogP contribution in [-0.2, 0) is 4.79 Å². The minimum atomic E-state index is -0.225. The predicted octanol–water partition coefficient (Wildman–Crippen LogP) is 3.98. The lowest BCUT2D eigenvalue weighted by atomic mass is 10.2. The van der Waals surface area contributed by atoms with Crippen LogP contribution >= 0.6 is 27.5 Å². The number of carbonyl (C=O) groups excluding carboxylic acids is 1. The molecule has 6 heteroatoms. The molecule has 0 heterocycles. The summed E-state index contributed by atoms with van der Waals surface area (Å²) in [5, 5.41) is 3.18. The Labute approximate surface area is 148 Å². The molecule has 1 amide bonds. The van der Waals surface area contributed by atoms with Crippen LogP contribution in [0.3, 0.4) is 0 Å². The van der Waals surface area contributed by atoms with Gasteiger partial charge in [-0.3, -0.25) is 4.79 Å². The fourth-order valence-corrected chi connectivity index (χ4v) is 2.51. The molecule has 0 aliphatic heterocycles. The van der Waals surface area contributed by atoms with Gasteiger partial charge in [-0.2, -0.15) is 0 Å². The van der Waals surface area contributed by atoms with Gasteiger partial charge in [0.25, 0.3) is 5.91 Å². The Balaban J connectivity index is 1.66. The Kier molecular flexibility index (Phi) is 6.74. The Morgan fingerprint density at radius 1 is 1.17 bits per heavy atom. The summed E-state index contributed by atoms with van der Waals surface area (Å²) in [5.41, 5.74) is 1.18. The lowest BCUT2D eigenvalue weighted by Crippen LogP contribution is -2.32. The molecule has 4 nitrogen and oxygen atoms in total. The third-order valence-electron chi connectivity index (χ3n) is 2.97. The van der Waals surface area contributed by atoms with Gasteiger partial charge in [-0.15, -0.1) is 0 Å². The molecule has 0 unspecified atom stereocenters. The highest BCUT2D eigenvalue weighted by Crippen LogP contribution is 2.27. The number of carbonyl (C=O) groups is 1. The zero-order valence-corrected chi connectivity index (χ0v) is 15.0. The first-order valence-corrected chi connectivity index (χ1v) is 8.26. The molecule has 0 saturated heterocycles. The van der Waals surface area contributed by atoms with Crippen molar-refractivity contribution in [2.24, 2.45) is 0 Å². The standard InChI is InChI=1S/C17H17BrClNO3/c1-12-2-5-14(6-3-12)22-9-8-20-17(21)11-23-16-7-4-13(18)10-15(16)19/h2-7,10H,8-9,11H2,1H3,(H,20,21). The van der Waals surface area contributed by atoms with Crippen LogP contribution in [0.25, 0.3) is 0 Å². The second-order valence-corrected chi connectivity index (χ2v) is 6.20. The summed E-state index contributed by atoms with van der Waals surface area (Å²) in [5.74, 6) is 1.03. The predicted molar refractivity (Wildman–Crippen MR) is 94.3 cm³/mol. The van der Waals surface area contributed by atoms with Gasteiger partial charge < -0.3 is 14.8 Å². The molecule has 0 bridgehead atoms. The molecule has 0 aliphatic rings. The first kappa shape index (κ1) is 17.6. The van der Waals surface area contributed by atoms with Crippen molar-refractivity contribution in [2.45, 2.75) is 6.92 Å². The second kappa shape index (κ2) is 8.79. The molecule has 0 fully saturated rings. The van der Waals surface area contributed by atoms with Crippen LogP contribution in [0.5, 0.6) is 11.5 Å². The van der Waals surface area contributed by atoms with Crippen molar-refractivity contribution in [3.05, 3.63) is 57.5 Å². The third-order valence-corrected chi connectivity index (χ3v) is 3.76. The maximum absolute atomic E-state index is 11.7. The Bertz CT molecular complexity index is 661. The van der Waals surface area contributed by atoms with E-state index in [4.69, 9.17) is 21.1 Å². The van der Waals surface area contributed by atoms with Crippen molar-refractivity contribution in [3.8, 4) is 11.5 Å². The summed E-state index contributed by atoms with van der Waals surface area (Å²) in [6, 6.07) is 13.0. The number of nitrogens with one attached hydrogen (secondary N) is 1. The highest BCUT2D eigenvalue weighted by molar-refractivity contribution is 9.10. The Morgan fingerprint density at radius 3 is 2.61 bits per heavy atom. The molecule has 23 heavy (non-hydrogen) atoms. The largest absolute Gasteiger partial charge is 0.492 e. The summed E-state index contributed by atoms with van der Waals surface area (Å²) in [6.07, 6.45) is 0. The summed E-state index contributed by atoms with van der Waals surface area (Å²) in [4.78, 5) is 11.7. The fourth-order valence-electron chi connectivity index (χ4n) is 1.78. The van der Waals surface area contributed by atoms with E-state index in [2.05, 4.69) is 21.2 Å². The molecule has 0 atom stereocenters. The van der Waals surface area contributed by atoms with E-state index in [-0.39, 0.29) is 12.5 Å². The lowest BCUT2D eigenvalue weighted by Gasteiger charge is -2.10. The highest BCUT2D eigenvalue weighted by Gasteiger charge is 2.06. The zero-order valence-electron chi connectivity index (χ0n) is 12.6. The molecule has 2 aromatic rings. The van der Waals surface area contributed by atoms with Crippen LogP contribution in [0.2, 0.25) is 5.02 Å². The summed E-state index contributed by atoms with van der Waals surface area (Å²) in [6.45, 7) is 2.73. The van der Waals surface area contributed by atoms with Crippen molar-refractivity contribution in [1.29, 1.82) is 0 Å². The molecular formula is C17H17BrClNO3. The van der Waals surface area contributed by atoms with Gasteiger partial charge in [0, 0.05) is 4.47 Å². The SMILES string of the molecule is Cc1ccc(OCCNC(=O)COc2ccc(Br)cc2Cl)cc1. The van der Waals surface area contributed by atoms with Gasteiger partial charge in [0.2, 0.25) is 0 Å². The molecule has 0 aromatic heterocycles. The van der Waals surface area contributed by atoms with Crippen LogP contribution in [-0.4, -0.2) is 25.7 Å². The van der Waals surface area contributed by atoms with E-state index in [1.165, 1.54) is 5.56 Å². The number of aryl methyl sites for hydroxylation is 1. The number of ether oxygens (including phenoxy) is 2. The number of hydrogen-bond acceptors (Lipinski definition) is 3. The van der Waals surface area contributed by atoms with Crippen LogP contribution in [0.15, 0.2) is 46.9 Å². The van der Waals surface area contributed by atoms with E-state index >= 15 is 0 Å². The van der Waals surface area contributed by atoms with Crippen molar-refractivity contribution < 1.29 is 14.3 Å². The van der Waals surface area contributed by atoms with Crippen LogP contribution in [0.4, 0.5) is 0 Å². The number of halogens is 2. The quantitative estimate of drug-likeness (QED) is 0.718. The van der Waals surface area contributed by atoms with Gasteiger partial charge in [-0.05, 0) is 37.3 Å². The summed E-state index contributed by atoms with van der Waals surface area (Å²) >= 11 is 9.32. The van der Waals surface area contributed by atoms with Crippen molar-refractivity contribution >= 4 is 33.4 Å². The van der Waals surface area contributed by atoms with Gasteiger partial charge in [-0.25, -0.2) is 0 Å². The third kappa shape index (κ3) is 6.12. The fraction of sp³-hybridized carbons (Fsp3) is 0.235. The molecule has 2 aromatic carbocycles. The lowest BCUT2D eigenvalue weighted by molar-refractivity contribution is -0.123. The van der Waals surface area contributed by atoms with E-state index < -0.39 is 0 Å². The maximum Gasteiger partial charge on any atom is 0.258 e. The average Bonchev–Trinajstić information content (AvgIpc) is 2.52. The number of hydrogen-bond donors (Lipinski definition) is 1. The molecular weight excluding hydrogens is 382 g/mol. The normalized spacial score (nSPS) is 10.2. The van der Waals surface area contributed by atoms with Gasteiger partial charge in [-0.1, -0.05) is 45.2 Å². The van der Waals surface area contributed by atoms with Crippen LogP contribution < -0.4 is 14.8 Å². The van der Waals surface area contributed by atoms with Crippen LogP contribution in [0.1, 0.15) is 5.56 Å². The van der Waals surface area contributed by atoms with E-state index in [0.717, 1.165) is 10.2 Å². The maximum atomic E-state index is 11.7. The minimum Gasteiger partial charge on any atom is -0.492 e. The first-order chi connectivity index (χ1) is 11.0. The van der Waals surface area contributed by atoms with E-state index in [1.54, 1.807) is 18.2 Å². The summed E-state index contributed by atoms with van der Waals surface area (Å²) in [7, 11) is 0.